The first kappa shape index (κ1) is 16.5. The van der Waals surface area contributed by atoms with Crippen molar-refractivity contribution in [2.24, 2.45) is 0 Å². The molecule has 0 aliphatic carbocycles. The standard InChI is InChI=1S/C22H20N2O2S/c1-12-13-7-4-6-10-18(13)27-21(12)20-19-15(11-17(24-20)22(25)26-2)14-8-3-5-9-16(14)23-19/h3-10,17,20,23-24H,11H2,1-2H3/t17-,20-/m0/s1. The van der Waals surface area contributed by atoms with E-state index in [0.29, 0.717) is 6.42 Å². The first-order chi connectivity index (χ1) is 13.2. The van der Waals surface area contributed by atoms with E-state index >= 15 is 0 Å². The Kier molecular flexibility index (Phi) is 3.81. The fourth-order valence-electron chi connectivity index (χ4n) is 4.20. The van der Waals surface area contributed by atoms with Crippen molar-refractivity contribution in [2.75, 3.05) is 7.11 Å². The highest BCUT2D eigenvalue weighted by Crippen LogP contribution is 2.41. The van der Waals surface area contributed by atoms with Crippen LogP contribution in [-0.2, 0) is 16.0 Å². The molecule has 2 atom stereocenters. The van der Waals surface area contributed by atoms with Gasteiger partial charge in [-0.15, -0.1) is 11.3 Å². The minimum absolute atomic E-state index is 0.0531. The zero-order valence-corrected chi connectivity index (χ0v) is 16.0. The van der Waals surface area contributed by atoms with Gasteiger partial charge in [0, 0.05) is 32.6 Å². The first-order valence-electron chi connectivity index (χ1n) is 9.08. The molecule has 0 spiro atoms. The van der Waals surface area contributed by atoms with Crippen molar-refractivity contribution < 1.29 is 9.53 Å². The van der Waals surface area contributed by atoms with Gasteiger partial charge in [0.2, 0.25) is 0 Å². The number of carbonyl (C=O) groups is 1. The molecule has 2 aromatic carbocycles. The van der Waals surface area contributed by atoms with Gasteiger partial charge < -0.3 is 9.72 Å². The van der Waals surface area contributed by atoms with E-state index in [1.807, 2.05) is 12.1 Å². The number of hydrogen-bond acceptors (Lipinski definition) is 4. The average Bonchev–Trinajstić information content (AvgIpc) is 3.25. The van der Waals surface area contributed by atoms with E-state index in [2.05, 4.69) is 53.6 Å². The van der Waals surface area contributed by atoms with Gasteiger partial charge in [-0.25, -0.2) is 0 Å². The van der Waals surface area contributed by atoms with E-state index in [4.69, 9.17) is 4.74 Å². The van der Waals surface area contributed by atoms with Crippen molar-refractivity contribution in [1.29, 1.82) is 0 Å². The van der Waals surface area contributed by atoms with Crippen LogP contribution in [0.2, 0.25) is 0 Å². The summed E-state index contributed by atoms with van der Waals surface area (Å²) in [6.07, 6.45) is 0.631. The molecule has 4 aromatic rings. The van der Waals surface area contributed by atoms with Crippen LogP contribution in [0.1, 0.15) is 27.7 Å². The van der Waals surface area contributed by atoms with E-state index in [1.54, 1.807) is 11.3 Å². The van der Waals surface area contributed by atoms with Crippen molar-refractivity contribution in [3.63, 3.8) is 0 Å². The lowest BCUT2D eigenvalue weighted by atomic mass is 9.92. The van der Waals surface area contributed by atoms with E-state index in [-0.39, 0.29) is 18.1 Å². The molecule has 5 rings (SSSR count). The highest BCUT2D eigenvalue weighted by Gasteiger charge is 2.36. The normalized spacial score (nSPS) is 19.3. The molecule has 0 unspecified atom stereocenters. The average molecular weight is 376 g/mol. The molecule has 3 heterocycles. The van der Waals surface area contributed by atoms with Crippen molar-refractivity contribution in [3.8, 4) is 0 Å². The number of thiophene rings is 1. The summed E-state index contributed by atoms with van der Waals surface area (Å²) in [5.74, 6) is -0.213. The Hall–Kier alpha value is -2.63. The van der Waals surface area contributed by atoms with Crippen LogP contribution >= 0.6 is 11.3 Å². The number of para-hydroxylation sites is 1. The quantitative estimate of drug-likeness (QED) is 0.508. The molecule has 5 heteroatoms. The summed E-state index contributed by atoms with van der Waals surface area (Å²) in [6.45, 7) is 2.17. The van der Waals surface area contributed by atoms with Crippen molar-refractivity contribution in [3.05, 3.63) is 70.2 Å². The lowest BCUT2D eigenvalue weighted by molar-refractivity contribution is -0.143. The number of benzene rings is 2. The number of rotatable bonds is 2. The smallest absolute Gasteiger partial charge is 0.323 e. The molecule has 2 aromatic heterocycles. The highest BCUT2D eigenvalue weighted by molar-refractivity contribution is 7.19. The molecule has 0 amide bonds. The largest absolute Gasteiger partial charge is 0.468 e. The molecule has 136 valence electrons. The molecule has 27 heavy (non-hydrogen) atoms. The highest BCUT2D eigenvalue weighted by atomic mass is 32.1. The third-order valence-corrected chi connectivity index (χ3v) is 6.88. The van der Waals surface area contributed by atoms with Gasteiger partial charge in [0.25, 0.3) is 0 Å². The molecule has 0 radical (unpaired) electrons. The molecule has 0 fully saturated rings. The number of aromatic amines is 1. The maximum absolute atomic E-state index is 12.4. The number of H-pyrrole nitrogens is 1. The van der Waals surface area contributed by atoms with Gasteiger partial charge >= 0.3 is 5.97 Å². The van der Waals surface area contributed by atoms with Crippen LogP contribution in [0.3, 0.4) is 0 Å². The molecule has 0 saturated heterocycles. The van der Waals surface area contributed by atoms with E-state index in [0.717, 1.165) is 11.2 Å². The van der Waals surface area contributed by atoms with Crippen LogP contribution in [0.4, 0.5) is 0 Å². The van der Waals surface area contributed by atoms with Crippen LogP contribution in [-0.4, -0.2) is 24.1 Å². The molecular weight excluding hydrogens is 356 g/mol. The zero-order chi connectivity index (χ0) is 18.5. The molecule has 0 saturated carbocycles. The minimum atomic E-state index is -0.351. The van der Waals surface area contributed by atoms with E-state index in [9.17, 15) is 4.79 Å². The maximum Gasteiger partial charge on any atom is 0.323 e. The Bertz CT molecular complexity index is 1170. The Balaban J connectivity index is 1.73. The molecule has 2 N–H and O–H groups in total. The van der Waals surface area contributed by atoms with Crippen LogP contribution < -0.4 is 5.32 Å². The summed E-state index contributed by atoms with van der Waals surface area (Å²) in [7, 11) is 1.45. The summed E-state index contributed by atoms with van der Waals surface area (Å²) >= 11 is 1.79. The van der Waals surface area contributed by atoms with Crippen LogP contribution in [0, 0.1) is 6.92 Å². The Morgan fingerprint density at radius 3 is 2.63 bits per heavy atom. The predicted octanol–water partition coefficient (Wildman–Crippen LogP) is 4.47. The summed E-state index contributed by atoms with van der Waals surface area (Å²) < 4.78 is 6.33. The monoisotopic (exact) mass is 376 g/mol. The minimum Gasteiger partial charge on any atom is -0.468 e. The SMILES string of the molecule is COC(=O)[C@@H]1Cc2c([nH]c3ccccc23)[C@@H](c2sc3ccccc3c2C)N1. The third kappa shape index (κ3) is 2.50. The Morgan fingerprint density at radius 1 is 1.11 bits per heavy atom. The van der Waals surface area contributed by atoms with E-state index < -0.39 is 0 Å². The fourth-order valence-corrected chi connectivity index (χ4v) is 5.49. The molecule has 1 aliphatic heterocycles. The Morgan fingerprint density at radius 2 is 1.85 bits per heavy atom. The van der Waals surface area contributed by atoms with Crippen LogP contribution in [0.5, 0.6) is 0 Å². The van der Waals surface area contributed by atoms with Gasteiger partial charge in [0.05, 0.1) is 13.2 Å². The second kappa shape index (κ2) is 6.22. The van der Waals surface area contributed by atoms with Gasteiger partial charge in [0.15, 0.2) is 0 Å². The fraction of sp³-hybridized carbons (Fsp3) is 0.227. The number of nitrogens with one attached hydrogen (secondary N) is 2. The maximum atomic E-state index is 12.4. The summed E-state index contributed by atoms with van der Waals surface area (Å²) in [5, 5.41) is 6.01. The molecule has 1 aliphatic rings. The molecule has 0 bridgehead atoms. The van der Waals surface area contributed by atoms with Gasteiger partial charge in [-0.05, 0) is 35.6 Å². The second-order valence-electron chi connectivity index (χ2n) is 7.03. The van der Waals surface area contributed by atoms with Crippen LogP contribution in [0.15, 0.2) is 48.5 Å². The molecule has 4 nitrogen and oxygen atoms in total. The van der Waals surface area contributed by atoms with Gasteiger partial charge in [0.1, 0.15) is 6.04 Å². The summed E-state index contributed by atoms with van der Waals surface area (Å²) in [5.41, 5.74) is 4.74. The van der Waals surface area contributed by atoms with Gasteiger partial charge in [-0.2, -0.15) is 0 Å². The Labute approximate surface area is 161 Å². The van der Waals surface area contributed by atoms with Gasteiger partial charge in [-0.3, -0.25) is 10.1 Å². The topological polar surface area (TPSA) is 54.1 Å². The predicted molar refractivity (Wildman–Crippen MR) is 109 cm³/mol. The van der Waals surface area contributed by atoms with Crippen molar-refractivity contribution >= 4 is 38.3 Å². The number of aryl methyl sites for hydroxylation is 1. The first-order valence-corrected chi connectivity index (χ1v) is 9.90. The number of ether oxygens (including phenoxy) is 1. The molecular formula is C22H20N2O2S. The number of fused-ring (bicyclic) bond motifs is 4. The van der Waals surface area contributed by atoms with Crippen molar-refractivity contribution in [1.82, 2.24) is 10.3 Å². The van der Waals surface area contributed by atoms with Gasteiger partial charge in [-0.1, -0.05) is 36.4 Å². The van der Waals surface area contributed by atoms with Crippen LogP contribution in [0.25, 0.3) is 21.0 Å². The van der Waals surface area contributed by atoms with Crippen molar-refractivity contribution in [2.45, 2.75) is 25.4 Å². The summed E-state index contributed by atoms with van der Waals surface area (Å²) in [6, 6.07) is 16.4. The van der Waals surface area contributed by atoms with E-state index in [1.165, 1.54) is 38.6 Å². The number of esters is 1. The number of methoxy groups -OCH3 is 1. The third-order valence-electron chi connectivity index (χ3n) is 5.54. The summed E-state index contributed by atoms with van der Waals surface area (Å²) in [4.78, 5) is 17.2. The lowest BCUT2D eigenvalue weighted by Gasteiger charge is -2.30. The number of aromatic nitrogens is 1. The zero-order valence-electron chi connectivity index (χ0n) is 15.2. The number of hydrogen-bond donors (Lipinski definition) is 2. The lowest BCUT2D eigenvalue weighted by Crippen LogP contribution is -2.45. The second-order valence-corrected chi connectivity index (χ2v) is 8.11. The number of carbonyl (C=O) groups excluding carboxylic acids is 1.